The molecule has 0 aliphatic carbocycles. The van der Waals surface area contributed by atoms with Crippen molar-refractivity contribution in [3.63, 3.8) is 0 Å². The molecule has 1 aromatic carbocycles. The van der Waals surface area contributed by atoms with Crippen molar-refractivity contribution in [1.82, 2.24) is 20.0 Å². The van der Waals surface area contributed by atoms with Crippen LogP contribution in [-0.4, -0.2) is 47.4 Å². The molecule has 1 heterocycles. The minimum Gasteiger partial charge on any atom is -0.492 e. The summed E-state index contributed by atoms with van der Waals surface area (Å²) in [5, 5.41) is 6.52. The summed E-state index contributed by atoms with van der Waals surface area (Å²) in [6, 6.07) is 5.65. The molecule has 1 aromatic heterocycles. The summed E-state index contributed by atoms with van der Waals surface area (Å²) in [6.07, 6.45) is -3.22. The van der Waals surface area contributed by atoms with Crippen LogP contribution in [-0.2, 0) is 19.8 Å². The van der Waals surface area contributed by atoms with Crippen LogP contribution in [0, 0.1) is 5.82 Å². The Balaban J connectivity index is 0.00000420. The van der Waals surface area contributed by atoms with Gasteiger partial charge in [0, 0.05) is 32.4 Å². The summed E-state index contributed by atoms with van der Waals surface area (Å²) in [7, 11) is 3.19. The molecule has 0 atom stereocenters. The number of nitrogens with one attached hydrogen (secondary N) is 1. The number of benzene rings is 1. The van der Waals surface area contributed by atoms with Crippen LogP contribution in [0.1, 0.15) is 18.2 Å². The topological polar surface area (TPSA) is 54.7 Å². The van der Waals surface area contributed by atoms with Gasteiger partial charge in [0.25, 0.3) is 0 Å². The molecule has 0 spiro atoms. The van der Waals surface area contributed by atoms with E-state index in [1.54, 1.807) is 11.9 Å². The monoisotopic (exact) mass is 529 g/mol. The Kier molecular flexibility index (Phi) is 9.66. The van der Waals surface area contributed by atoms with Crippen molar-refractivity contribution < 1.29 is 22.3 Å². The van der Waals surface area contributed by atoms with Crippen LogP contribution in [0.4, 0.5) is 17.6 Å². The van der Waals surface area contributed by atoms with Gasteiger partial charge < -0.3 is 15.0 Å². The van der Waals surface area contributed by atoms with Crippen LogP contribution in [0.5, 0.6) is 5.75 Å². The Morgan fingerprint density at radius 1 is 1.28 bits per heavy atom. The summed E-state index contributed by atoms with van der Waals surface area (Å²) < 4.78 is 58.7. The van der Waals surface area contributed by atoms with Crippen molar-refractivity contribution in [3.05, 3.63) is 47.5 Å². The minimum absolute atomic E-state index is 0. The number of nitrogens with zero attached hydrogens (tertiary/aromatic N) is 4. The first-order chi connectivity index (χ1) is 13.2. The fourth-order valence-electron chi connectivity index (χ4n) is 2.46. The molecule has 0 saturated carbocycles. The second-order valence-corrected chi connectivity index (χ2v) is 6.07. The lowest BCUT2D eigenvalue weighted by Gasteiger charge is -2.22. The molecule has 2 aromatic rings. The Morgan fingerprint density at radius 2 is 1.93 bits per heavy atom. The highest BCUT2D eigenvalue weighted by Gasteiger charge is 2.36. The quantitative estimate of drug-likeness (QED) is 0.258. The van der Waals surface area contributed by atoms with Crippen LogP contribution < -0.4 is 10.1 Å². The van der Waals surface area contributed by atoms with E-state index in [1.165, 1.54) is 37.5 Å². The molecule has 0 radical (unpaired) electrons. The molecule has 162 valence electrons. The van der Waals surface area contributed by atoms with E-state index in [0.717, 1.165) is 4.68 Å². The molecule has 0 unspecified atom stereocenters. The van der Waals surface area contributed by atoms with E-state index in [-0.39, 0.29) is 41.9 Å². The third-order valence-electron chi connectivity index (χ3n) is 3.78. The Morgan fingerprint density at radius 3 is 2.52 bits per heavy atom. The highest BCUT2D eigenvalue weighted by Crippen LogP contribution is 2.30. The Bertz CT molecular complexity index is 793. The smallest absolute Gasteiger partial charge is 0.435 e. The maximum atomic E-state index is 13.1. The summed E-state index contributed by atoms with van der Waals surface area (Å²) >= 11 is 0. The lowest BCUT2D eigenvalue weighted by atomic mass is 10.2. The molecular weight excluding hydrogens is 505 g/mol. The maximum absolute atomic E-state index is 13.1. The fraction of sp³-hybridized carbons (Fsp3) is 0.444. The first-order valence-corrected chi connectivity index (χ1v) is 8.68. The highest BCUT2D eigenvalue weighted by molar-refractivity contribution is 14.0. The van der Waals surface area contributed by atoms with Crippen molar-refractivity contribution in [2.75, 3.05) is 26.7 Å². The van der Waals surface area contributed by atoms with Crippen LogP contribution >= 0.6 is 24.0 Å². The molecule has 0 bridgehead atoms. The lowest BCUT2D eigenvalue weighted by molar-refractivity contribution is -0.142. The molecular formula is C18H24F4IN5O. The number of rotatable bonds is 7. The zero-order valence-electron chi connectivity index (χ0n) is 16.3. The molecule has 0 amide bonds. The molecule has 2 rings (SSSR count). The summed E-state index contributed by atoms with van der Waals surface area (Å²) in [5.41, 5.74) is -0.932. The number of aromatic nitrogens is 2. The van der Waals surface area contributed by atoms with E-state index in [0.29, 0.717) is 31.4 Å². The summed E-state index contributed by atoms with van der Waals surface area (Å²) in [6.45, 7) is 2.99. The zero-order valence-corrected chi connectivity index (χ0v) is 18.7. The molecule has 29 heavy (non-hydrogen) atoms. The average molecular weight is 529 g/mol. The van der Waals surface area contributed by atoms with E-state index in [9.17, 15) is 17.6 Å². The van der Waals surface area contributed by atoms with Crippen LogP contribution in [0.15, 0.2) is 35.5 Å². The fourth-order valence-corrected chi connectivity index (χ4v) is 2.46. The van der Waals surface area contributed by atoms with Gasteiger partial charge >= 0.3 is 6.18 Å². The van der Waals surface area contributed by atoms with E-state index in [1.807, 2.05) is 6.92 Å². The van der Waals surface area contributed by atoms with Gasteiger partial charge in [0.2, 0.25) is 0 Å². The first kappa shape index (κ1) is 25.0. The predicted molar refractivity (Wildman–Crippen MR) is 113 cm³/mol. The lowest BCUT2D eigenvalue weighted by Crippen LogP contribution is -2.40. The van der Waals surface area contributed by atoms with Crippen molar-refractivity contribution in [2.45, 2.75) is 19.6 Å². The number of likely N-dealkylation sites (N-methyl/N-ethyl adjacent to an activating group) is 1. The molecule has 1 N–H and O–H groups in total. The number of hydrogen-bond acceptors (Lipinski definition) is 3. The van der Waals surface area contributed by atoms with Gasteiger partial charge in [-0.05, 0) is 31.2 Å². The molecule has 0 aliphatic rings. The SMILES string of the molecule is CCNC(=NCc1cn(C)nc1C(F)(F)F)N(C)CCOc1ccc(F)cc1.I. The third-order valence-corrected chi connectivity index (χ3v) is 3.78. The van der Waals surface area contributed by atoms with Gasteiger partial charge in [-0.2, -0.15) is 18.3 Å². The normalized spacial score (nSPS) is 11.8. The first-order valence-electron chi connectivity index (χ1n) is 8.68. The second kappa shape index (κ2) is 11.2. The number of halogens is 5. The number of aryl methyl sites for hydroxylation is 1. The largest absolute Gasteiger partial charge is 0.492 e. The summed E-state index contributed by atoms with van der Waals surface area (Å²) in [4.78, 5) is 6.03. The zero-order chi connectivity index (χ0) is 20.7. The van der Waals surface area contributed by atoms with Crippen molar-refractivity contribution >= 4 is 29.9 Å². The second-order valence-electron chi connectivity index (χ2n) is 6.07. The van der Waals surface area contributed by atoms with Crippen LogP contribution in [0.3, 0.4) is 0 Å². The van der Waals surface area contributed by atoms with Gasteiger partial charge in [0.15, 0.2) is 11.7 Å². The standard InChI is InChI=1S/C18H23F4N5O.HI/c1-4-23-17(24-11-13-12-27(3)25-16(13)18(20,21)22)26(2)9-10-28-15-7-5-14(19)6-8-15;/h5-8,12H,4,9-11H2,1-3H3,(H,23,24);1H. The Hall–Kier alpha value is -2.05. The number of ether oxygens (including phenoxy) is 1. The van der Waals surface area contributed by atoms with Gasteiger partial charge in [-0.15, -0.1) is 24.0 Å². The average Bonchev–Trinajstić information content (AvgIpc) is 3.01. The molecule has 0 saturated heterocycles. The van der Waals surface area contributed by atoms with E-state index in [2.05, 4.69) is 15.4 Å². The molecule has 6 nitrogen and oxygen atoms in total. The number of alkyl halides is 3. The van der Waals surface area contributed by atoms with Crippen molar-refractivity contribution in [3.8, 4) is 5.75 Å². The molecule has 11 heteroatoms. The number of guanidine groups is 1. The maximum Gasteiger partial charge on any atom is 0.435 e. The highest BCUT2D eigenvalue weighted by atomic mass is 127. The summed E-state index contributed by atoms with van der Waals surface area (Å²) in [5.74, 6) is 0.628. The molecule has 0 aliphatic heterocycles. The van der Waals surface area contributed by atoms with Gasteiger partial charge in [-0.1, -0.05) is 0 Å². The predicted octanol–water partition coefficient (Wildman–Crippen LogP) is 3.67. The third kappa shape index (κ3) is 7.71. The van der Waals surface area contributed by atoms with Gasteiger partial charge in [-0.3, -0.25) is 4.68 Å². The van der Waals surface area contributed by atoms with E-state index < -0.39 is 11.9 Å². The molecule has 0 fully saturated rings. The van der Waals surface area contributed by atoms with Crippen molar-refractivity contribution in [2.24, 2.45) is 12.0 Å². The van der Waals surface area contributed by atoms with Gasteiger partial charge in [-0.25, -0.2) is 9.38 Å². The van der Waals surface area contributed by atoms with Gasteiger partial charge in [0.05, 0.1) is 13.1 Å². The van der Waals surface area contributed by atoms with E-state index >= 15 is 0 Å². The Labute approximate surface area is 184 Å². The van der Waals surface area contributed by atoms with Crippen LogP contribution in [0.25, 0.3) is 0 Å². The van der Waals surface area contributed by atoms with E-state index in [4.69, 9.17) is 4.74 Å². The number of aliphatic imine (C=N–C) groups is 1. The van der Waals surface area contributed by atoms with Crippen molar-refractivity contribution in [1.29, 1.82) is 0 Å². The number of hydrogen-bond donors (Lipinski definition) is 1. The minimum atomic E-state index is -4.53. The van der Waals surface area contributed by atoms with Crippen LogP contribution in [0.2, 0.25) is 0 Å². The van der Waals surface area contributed by atoms with Gasteiger partial charge in [0.1, 0.15) is 18.2 Å².